The predicted molar refractivity (Wildman–Crippen MR) is 86.2 cm³/mol. The van der Waals surface area contributed by atoms with E-state index in [2.05, 4.69) is 22.0 Å². The summed E-state index contributed by atoms with van der Waals surface area (Å²) in [6.45, 7) is 3.65. The number of hydrogen-bond donors (Lipinski definition) is 1. The maximum atomic E-state index is 12.3. The summed E-state index contributed by atoms with van der Waals surface area (Å²) < 4.78 is 5.32. The molecular weight excluding hydrogens is 308 g/mol. The van der Waals surface area contributed by atoms with E-state index in [1.54, 1.807) is 12.3 Å². The van der Waals surface area contributed by atoms with Crippen LogP contribution in [0, 0.1) is 11.8 Å². The van der Waals surface area contributed by atoms with Crippen molar-refractivity contribution in [1.29, 1.82) is 0 Å². The Hall–Kier alpha value is -2.44. The minimum absolute atomic E-state index is 0.166. The van der Waals surface area contributed by atoms with Gasteiger partial charge in [-0.2, -0.15) is 4.98 Å². The van der Waals surface area contributed by atoms with Crippen molar-refractivity contribution in [2.45, 2.75) is 32.1 Å². The van der Waals surface area contributed by atoms with Gasteiger partial charge < -0.3 is 14.4 Å². The van der Waals surface area contributed by atoms with Crippen molar-refractivity contribution >= 4 is 5.91 Å². The number of nitrogens with zero attached hydrogens (tertiary/aromatic N) is 3. The van der Waals surface area contributed by atoms with Crippen LogP contribution in [0.5, 0.6) is 0 Å². The van der Waals surface area contributed by atoms with Gasteiger partial charge >= 0.3 is 0 Å². The van der Waals surface area contributed by atoms with Crippen LogP contribution < -0.4 is 5.56 Å². The van der Waals surface area contributed by atoms with Crippen LogP contribution in [0.15, 0.2) is 27.6 Å². The van der Waals surface area contributed by atoms with Crippen molar-refractivity contribution in [2.24, 2.45) is 11.8 Å². The Bertz CT molecular complexity index is 784. The molecule has 1 amide bonds. The van der Waals surface area contributed by atoms with E-state index in [9.17, 15) is 9.59 Å². The number of carbonyl (C=O) groups excluding carboxylic acids is 1. The molecule has 0 aromatic carbocycles. The van der Waals surface area contributed by atoms with Crippen molar-refractivity contribution in [1.82, 2.24) is 20.0 Å². The first-order chi connectivity index (χ1) is 11.6. The monoisotopic (exact) mass is 328 g/mol. The average Bonchev–Trinajstić information content (AvgIpc) is 3.13. The number of likely N-dealkylation sites (tertiary alicyclic amines) is 1. The van der Waals surface area contributed by atoms with Crippen LogP contribution in [-0.2, 0) is 4.79 Å². The van der Waals surface area contributed by atoms with E-state index < -0.39 is 0 Å². The molecule has 2 atom stereocenters. The first-order valence-electron chi connectivity index (χ1n) is 8.43. The summed E-state index contributed by atoms with van der Waals surface area (Å²) >= 11 is 0. The highest BCUT2D eigenvalue weighted by Gasteiger charge is 2.42. The Morgan fingerprint density at radius 3 is 2.71 bits per heavy atom. The number of pyridine rings is 1. The zero-order chi connectivity index (χ0) is 16.7. The summed E-state index contributed by atoms with van der Waals surface area (Å²) in [5, 5.41) is 4.09. The van der Waals surface area contributed by atoms with Gasteiger partial charge in [-0.25, -0.2) is 0 Å². The van der Waals surface area contributed by atoms with E-state index in [1.165, 1.54) is 6.07 Å². The lowest BCUT2D eigenvalue weighted by molar-refractivity contribution is -0.133. The van der Waals surface area contributed by atoms with Crippen molar-refractivity contribution in [2.75, 3.05) is 13.1 Å². The molecule has 1 aliphatic heterocycles. The quantitative estimate of drug-likeness (QED) is 0.927. The number of carbonyl (C=O) groups is 1. The second-order valence-corrected chi connectivity index (χ2v) is 6.82. The molecule has 2 aromatic heterocycles. The van der Waals surface area contributed by atoms with E-state index in [1.807, 2.05) is 4.90 Å². The molecule has 0 radical (unpaired) electrons. The van der Waals surface area contributed by atoms with Crippen molar-refractivity contribution in [3.63, 3.8) is 0 Å². The van der Waals surface area contributed by atoms with Crippen LogP contribution in [0.25, 0.3) is 11.5 Å². The highest BCUT2D eigenvalue weighted by molar-refractivity contribution is 5.81. The average molecular weight is 328 g/mol. The van der Waals surface area contributed by atoms with Gasteiger partial charge in [0.1, 0.15) is 0 Å². The van der Waals surface area contributed by atoms with Gasteiger partial charge in [-0.15, -0.1) is 0 Å². The van der Waals surface area contributed by atoms with E-state index in [-0.39, 0.29) is 17.4 Å². The zero-order valence-corrected chi connectivity index (χ0v) is 13.6. The minimum Gasteiger partial charge on any atom is -0.342 e. The first kappa shape index (κ1) is 15.1. The summed E-state index contributed by atoms with van der Waals surface area (Å²) in [6, 6.07) is 3.09. The largest absolute Gasteiger partial charge is 0.342 e. The predicted octanol–water partition coefficient (Wildman–Crippen LogP) is 1.79. The van der Waals surface area contributed by atoms with E-state index in [0.29, 0.717) is 29.1 Å². The summed E-state index contributed by atoms with van der Waals surface area (Å²) in [7, 11) is 0. The summed E-state index contributed by atoms with van der Waals surface area (Å²) in [5.41, 5.74) is 0.532. The molecule has 2 fully saturated rings. The molecule has 4 rings (SSSR count). The second-order valence-electron chi connectivity index (χ2n) is 6.82. The molecule has 1 saturated carbocycles. The Kier molecular flexibility index (Phi) is 3.70. The molecule has 126 valence electrons. The van der Waals surface area contributed by atoms with Crippen LogP contribution in [0.2, 0.25) is 0 Å². The van der Waals surface area contributed by atoms with Crippen molar-refractivity contribution in [3.8, 4) is 11.5 Å². The summed E-state index contributed by atoms with van der Waals surface area (Å²) in [6.07, 6.45) is 4.32. The van der Waals surface area contributed by atoms with Gasteiger partial charge in [0.15, 0.2) is 5.82 Å². The third-order valence-electron chi connectivity index (χ3n) is 5.07. The lowest BCUT2D eigenvalue weighted by Crippen LogP contribution is -2.39. The lowest BCUT2D eigenvalue weighted by atomic mass is 9.96. The van der Waals surface area contributed by atoms with Crippen LogP contribution in [0.3, 0.4) is 0 Å². The SMILES string of the molecule is C[C@H]1C[C@@H]1C(=O)N1CCC(c2noc(-c3ccc(=O)[nH]c3)n2)CC1. The fourth-order valence-corrected chi connectivity index (χ4v) is 3.32. The van der Waals surface area contributed by atoms with Gasteiger partial charge in [0.05, 0.1) is 5.56 Å². The number of nitrogens with one attached hydrogen (secondary N) is 1. The van der Waals surface area contributed by atoms with Crippen LogP contribution >= 0.6 is 0 Å². The van der Waals surface area contributed by atoms with E-state index in [4.69, 9.17) is 4.52 Å². The van der Waals surface area contributed by atoms with Crippen LogP contribution in [0.1, 0.15) is 37.9 Å². The fourth-order valence-electron chi connectivity index (χ4n) is 3.32. The maximum Gasteiger partial charge on any atom is 0.259 e. The van der Waals surface area contributed by atoms with Gasteiger partial charge in [-0.1, -0.05) is 12.1 Å². The van der Waals surface area contributed by atoms with Gasteiger partial charge in [0.25, 0.3) is 5.89 Å². The van der Waals surface area contributed by atoms with Gasteiger partial charge in [0.2, 0.25) is 11.5 Å². The molecule has 0 spiro atoms. The smallest absolute Gasteiger partial charge is 0.259 e. The van der Waals surface area contributed by atoms with Gasteiger partial charge in [0, 0.05) is 37.2 Å². The molecule has 3 heterocycles. The molecule has 7 heteroatoms. The highest BCUT2D eigenvalue weighted by Crippen LogP contribution is 2.40. The Labute approximate surface area is 139 Å². The topological polar surface area (TPSA) is 92.1 Å². The molecule has 7 nitrogen and oxygen atoms in total. The number of piperidine rings is 1. The summed E-state index contributed by atoms with van der Waals surface area (Å²) in [4.78, 5) is 32.4. The number of aromatic amines is 1. The molecule has 2 aliphatic rings. The number of amides is 1. The Morgan fingerprint density at radius 1 is 1.33 bits per heavy atom. The third-order valence-corrected chi connectivity index (χ3v) is 5.07. The van der Waals surface area contributed by atoms with Crippen LogP contribution in [0.4, 0.5) is 0 Å². The number of aromatic nitrogens is 3. The van der Waals surface area contributed by atoms with Crippen molar-refractivity contribution < 1.29 is 9.32 Å². The normalized spacial score (nSPS) is 24.1. The second kappa shape index (κ2) is 5.89. The molecule has 0 unspecified atom stereocenters. The van der Waals surface area contributed by atoms with Gasteiger partial charge in [-0.05, 0) is 31.2 Å². The van der Waals surface area contributed by atoms with Crippen LogP contribution in [-0.4, -0.2) is 39.0 Å². The highest BCUT2D eigenvalue weighted by atomic mass is 16.5. The third kappa shape index (κ3) is 2.86. The molecule has 24 heavy (non-hydrogen) atoms. The van der Waals surface area contributed by atoms with E-state index in [0.717, 1.165) is 32.4 Å². The lowest BCUT2D eigenvalue weighted by Gasteiger charge is -2.30. The first-order valence-corrected chi connectivity index (χ1v) is 8.43. The molecule has 1 saturated heterocycles. The maximum absolute atomic E-state index is 12.3. The molecule has 2 aromatic rings. The molecular formula is C17H20N4O3. The Balaban J connectivity index is 1.40. The summed E-state index contributed by atoms with van der Waals surface area (Å²) in [5.74, 6) is 2.41. The van der Waals surface area contributed by atoms with Gasteiger partial charge in [-0.3, -0.25) is 9.59 Å². The van der Waals surface area contributed by atoms with E-state index >= 15 is 0 Å². The molecule has 0 bridgehead atoms. The van der Waals surface area contributed by atoms with Crippen molar-refractivity contribution in [3.05, 3.63) is 34.5 Å². The Morgan fingerprint density at radius 2 is 2.08 bits per heavy atom. The number of rotatable bonds is 3. The fraction of sp³-hybridized carbons (Fsp3) is 0.529. The number of hydrogen-bond acceptors (Lipinski definition) is 5. The molecule has 1 aliphatic carbocycles. The minimum atomic E-state index is -0.166. The standard InChI is InChI=1S/C17H20N4O3/c1-10-8-13(10)17(23)21-6-4-11(5-7-21)15-19-16(24-20-15)12-2-3-14(22)18-9-12/h2-3,9-11,13H,4-8H2,1H3,(H,18,22)/t10-,13-/m0/s1. The molecule has 1 N–H and O–H groups in total. The number of H-pyrrole nitrogens is 1. The zero-order valence-electron chi connectivity index (χ0n) is 13.6.